The van der Waals surface area contributed by atoms with Gasteiger partial charge in [0.1, 0.15) is 0 Å². The fraction of sp³-hybridized carbons (Fsp3) is 0.318. The number of fused-ring (bicyclic) bond motifs is 1. The second-order valence-electron chi connectivity index (χ2n) is 6.96. The van der Waals surface area contributed by atoms with Crippen molar-refractivity contribution < 1.29 is 5.11 Å². The molecule has 128 valence electrons. The van der Waals surface area contributed by atoms with Crippen LogP contribution < -0.4 is 0 Å². The molecule has 1 aliphatic heterocycles. The Morgan fingerprint density at radius 3 is 2.52 bits per heavy atom. The molecule has 0 amide bonds. The van der Waals surface area contributed by atoms with Gasteiger partial charge in [0.05, 0.1) is 11.6 Å². The standard InChI is InChI=1S/C22H24N2O/c25-22(18-6-2-1-3-7-18)19-11-14-24(15-12-19)16-20-9-4-8-17-10-5-13-23-21(17)20/h1-10,13,19,22,25H,11-12,14-16H2. The van der Waals surface area contributed by atoms with Crippen molar-refractivity contribution in [1.82, 2.24) is 9.88 Å². The number of hydrogen-bond donors (Lipinski definition) is 1. The molecule has 0 saturated carbocycles. The van der Waals surface area contributed by atoms with Crippen molar-refractivity contribution in [2.45, 2.75) is 25.5 Å². The molecule has 3 nitrogen and oxygen atoms in total. The summed E-state index contributed by atoms with van der Waals surface area (Å²) in [6.07, 6.45) is 3.60. The molecule has 1 unspecified atom stereocenters. The van der Waals surface area contributed by atoms with Crippen molar-refractivity contribution in [2.24, 2.45) is 5.92 Å². The summed E-state index contributed by atoms with van der Waals surface area (Å²) >= 11 is 0. The highest BCUT2D eigenvalue weighted by atomic mass is 16.3. The number of para-hydroxylation sites is 1. The number of pyridine rings is 1. The predicted octanol–water partition coefficient (Wildman–Crippen LogP) is 4.18. The molecular weight excluding hydrogens is 308 g/mol. The highest BCUT2D eigenvalue weighted by Gasteiger charge is 2.26. The Labute approximate surface area is 148 Å². The van der Waals surface area contributed by atoms with E-state index in [-0.39, 0.29) is 6.10 Å². The predicted molar refractivity (Wildman–Crippen MR) is 101 cm³/mol. The molecule has 1 saturated heterocycles. The quantitative estimate of drug-likeness (QED) is 0.778. The highest BCUT2D eigenvalue weighted by Crippen LogP contribution is 2.31. The number of aromatic nitrogens is 1. The number of likely N-dealkylation sites (tertiary alicyclic amines) is 1. The number of aliphatic hydroxyl groups is 1. The number of benzene rings is 2. The third kappa shape index (κ3) is 3.58. The van der Waals surface area contributed by atoms with E-state index in [0.29, 0.717) is 5.92 Å². The van der Waals surface area contributed by atoms with Gasteiger partial charge in [-0.25, -0.2) is 0 Å². The van der Waals surface area contributed by atoms with Crippen molar-refractivity contribution in [3.8, 4) is 0 Å². The highest BCUT2D eigenvalue weighted by molar-refractivity contribution is 5.81. The molecule has 0 aliphatic carbocycles. The van der Waals surface area contributed by atoms with Gasteiger partial charge in [-0.15, -0.1) is 0 Å². The van der Waals surface area contributed by atoms with Crippen LogP contribution in [0.3, 0.4) is 0 Å². The number of aliphatic hydroxyl groups excluding tert-OH is 1. The summed E-state index contributed by atoms with van der Waals surface area (Å²) in [7, 11) is 0. The first-order valence-electron chi connectivity index (χ1n) is 9.09. The summed E-state index contributed by atoms with van der Waals surface area (Å²) in [5, 5.41) is 11.8. The van der Waals surface area contributed by atoms with Crippen LogP contribution in [0.5, 0.6) is 0 Å². The Balaban J connectivity index is 1.40. The van der Waals surface area contributed by atoms with Gasteiger partial charge >= 0.3 is 0 Å². The zero-order valence-electron chi connectivity index (χ0n) is 14.4. The molecule has 4 rings (SSSR count). The lowest BCUT2D eigenvalue weighted by Gasteiger charge is -2.34. The van der Waals surface area contributed by atoms with Crippen LogP contribution in [0.15, 0.2) is 66.9 Å². The Morgan fingerprint density at radius 2 is 1.72 bits per heavy atom. The number of hydrogen-bond acceptors (Lipinski definition) is 3. The molecule has 1 N–H and O–H groups in total. The van der Waals surface area contributed by atoms with Crippen LogP contribution in [0, 0.1) is 5.92 Å². The monoisotopic (exact) mass is 332 g/mol. The van der Waals surface area contributed by atoms with E-state index in [1.165, 1.54) is 10.9 Å². The molecule has 25 heavy (non-hydrogen) atoms. The average Bonchev–Trinajstić information content (AvgIpc) is 2.69. The lowest BCUT2D eigenvalue weighted by Crippen LogP contribution is -2.35. The maximum atomic E-state index is 10.6. The van der Waals surface area contributed by atoms with Gasteiger partial charge in [-0.2, -0.15) is 0 Å². The second kappa shape index (κ2) is 7.34. The van der Waals surface area contributed by atoms with Gasteiger partial charge in [0.15, 0.2) is 0 Å². The molecule has 1 aromatic heterocycles. The fourth-order valence-corrected chi connectivity index (χ4v) is 3.89. The molecule has 2 heterocycles. The summed E-state index contributed by atoms with van der Waals surface area (Å²) in [6.45, 7) is 2.98. The van der Waals surface area contributed by atoms with Gasteiger partial charge in [-0.3, -0.25) is 9.88 Å². The third-order valence-corrected chi connectivity index (χ3v) is 5.33. The van der Waals surface area contributed by atoms with E-state index in [0.717, 1.165) is 43.6 Å². The molecule has 2 aromatic carbocycles. The third-order valence-electron chi connectivity index (χ3n) is 5.33. The molecule has 1 atom stereocenters. The zero-order valence-corrected chi connectivity index (χ0v) is 14.4. The molecule has 1 fully saturated rings. The van der Waals surface area contributed by atoms with Crippen LogP contribution in [-0.2, 0) is 6.54 Å². The van der Waals surface area contributed by atoms with Crippen molar-refractivity contribution >= 4 is 10.9 Å². The van der Waals surface area contributed by atoms with E-state index in [1.54, 1.807) is 0 Å². The molecule has 1 aliphatic rings. The normalized spacial score (nSPS) is 17.6. The summed E-state index contributed by atoms with van der Waals surface area (Å²) in [4.78, 5) is 7.05. The van der Waals surface area contributed by atoms with Crippen molar-refractivity contribution in [3.63, 3.8) is 0 Å². The van der Waals surface area contributed by atoms with Crippen molar-refractivity contribution in [1.29, 1.82) is 0 Å². The first-order chi connectivity index (χ1) is 12.3. The molecule has 0 bridgehead atoms. The molecular formula is C22H24N2O. The minimum absolute atomic E-state index is 0.345. The zero-order chi connectivity index (χ0) is 17.1. The Kier molecular flexibility index (Phi) is 4.77. The average molecular weight is 332 g/mol. The van der Waals surface area contributed by atoms with E-state index < -0.39 is 0 Å². The second-order valence-corrected chi connectivity index (χ2v) is 6.96. The van der Waals surface area contributed by atoms with Crippen LogP contribution in [0.4, 0.5) is 0 Å². The maximum Gasteiger partial charge on any atom is 0.0819 e. The largest absolute Gasteiger partial charge is 0.388 e. The Morgan fingerprint density at radius 1 is 0.960 bits per heavy atom. The molecule has 0 spiro atoms. The van der Waals surface area contributed by atoms with E-state index in [4.69, 9.17) is 0 Å². The van der Waals surface area contributed by atoms with Crippen molar-refractivity contribution in [3.05, 3.63) is 78.0 Å². The van der Waals surface area contributed by atoms with E-state index in [9.17, 15) is 5.11 Å². The molecule has 3 aromatic rings. The lowest BCUT2D eigenvalue weighted by atomic mass is 9.87. The fourth-order valence-electron chi connectivity index (χ4n) is 3.89. The van der Waals surface area contributed by atoms with Crippen LogP contribution in [0.1, 0.15) is 30.1 Å². The molecule has 0 radical (unpaired) electrons. The van der Waals surface area contributed by atoms with Crippen LogP contribution in [-0.4, -0.2) is 28.1 Å². The van der Waals surface area contributed by atoms with Gasteiger partial charge in [0.2, 0.25) is 0 Å². The maximum absolute atomic E-state index is 10.6. The SMILES string of the molecule is OC(c1ccccc1)C1CCN(Cc2cccc3cccnc23)CC1. The van der Waals surface area contributed by atoms with Gasteiger partial charge in [-0.05, 0) is 49.0 Å². The van der Waals surface area contributed by atoms with E-state index >= 15 is 0 Å². The Bertz CT molecular complexity index is 820. The van der Waals surface area contributed by atoms with Gasteiger partial charge in [0.25, 0.3) is 0 Å². The minimum Gasteiger partial charge on any atom is -0.388 e. The number of piperidine rings is 1. The van der Waals surface area contributed by atoms with E-state index in [1.807, 2.05) is 42.6 Å². The summed E-state index contributed by atoms with van der Waals surface area (Å²) in [6, 6.07) is 20.6. The van der Waals surface area contributed by atoms with E-state index in [2.05, 4.69) is 34.1 Å². The van der Waals surface area contributed by atoms with Crippen molar-refractivity contribution in [2.75, 3.05) is 13.1 Å². The van der Waals surface area contributed by atoms with Crippen LogP contribution >= 0.6 is 0 Å². The van der Waals surface area contributed by atoms with Gasteiger partial charge in [-0.1, -0.05) is 54.6 Å². The number of nitrogens with zero attached hydrogens (tertiary/aromatic N) is 2. The Hall–Kier alpha value is -2.23. The summed E-state index contributed by atoms with van der Waals surface area (Å²) in [5.41, 5.74) is 3.44. The minimum atomic E-state index is -0.345. The summed E-state index contributed by atoms with van der Waals surface area (Å²) < 4.78 is 0. The topological polar surface area (TPSA) is 36.4 Å². The van der Waals surface area contributed by atoms with Crippen LogP contribution in [0.2, 0.25) is 0 Å². The molecule has 3 heteroatoms. The lowest BCUT2D eigenvalue weighted by molar-refractivity contribution is 0.0569. The summed E-state index contributed by atoms with van der Waals surface area (Å²) in [5.74, 6) is 0.351. The first-order valence-corrected chi connectivity index (χ1v) is 9.09. The van der Waals surface area contributed by atoms with Crippen LogP contribution in [0.25, 0.3) is 10.9 Å². The smallest absolute Gasteiger partial charge is 0.0819 e. The number of rotatable bonds is 4. The first kappa shape index (κ1) is 16.2. The van der Waals surface area contributed by atoms with Gasteiger partial charge in [0, 0.05) is 18.1 Å². The van der Waals surface area contributed by atoms with Gasteiger partial charge < -0.3 is 5.11 Å².